The molecule has 2 fully saturated rings. The number of carbonyl (C=O) groups excluding carboxylic acids is 3. The van der Waals surface area contributed by atoms with Crippen LogP contribution in [0.4, 0.5) is 0 Å². The molecule has 3 N–H and O–H groups in total. The van der Waals surface area contributed by atoms with E-state index in [0.717, 1.165) is 15.9 Å². The maximum absolute atomic E-state index is 14.1. The van der Waals surface area contributed by atoms with Crippen LogP contribution < -0.4 is 10.6 Å². The molecule has 0 aliphatic carbocycles. The molecule has 32 heavy (non-hydrogen) atoms. The second-order valence-electron chi connectivity index (χ2n) is 9.37. The maximum Gasteiger partial charge on any atom is 0.316 e. The van der Waals surface area contributed by atoms with Gasteiger partial charge in [-0.15, -0.1) is 0 Å². The standard InChI is InChI=1S/C22H29N5O5/c1-22(2,3)32-21(30)15-11-23-13-26-19(28)9-8-18(27(26,31)12-15)25-20(29)17-10-14-6-4-5-7-16(14)24-17/h4-7,10,15,18,23-24H,8-9,11-13H2,1-3H3,(H,25,29). The van der Waals surface area contributed by atoms with Crippen molar-refractivity contribution in [3.8, 4) is 0 Å². The van der Waals surface area contributed by atoms with Gasteiger partial charge in [0, 0.05) is 30.3 Å². The van der Waals surface area contributed by atoms with Crippen molar-refractivity contribution in [3.05, 3.63) is 41.2 Å². The Hall–Kier alpha value is -2.95. The van der Waals surface area contributed by atoms with E-state index in [1.165, 1.54) is 0 Å². The van der Waals surface area contributed by atoms with Gasteiger partial charge in [0.15, 0.2) is 6.17 Å². The van der Waals surface area contributed by atoms with Crippen LogP contribution >= 0.6 is 0 Å². The Balaban J connectivity index is 1.57. The number of quaternary nitrogens is 1. The highest BCUT2D eigenvalue weighted by Crippen LogP contribution is 2.30. The van der Waals surface area contributed by atoms with Gasteiger partial charge in [-0.3, -0.25) is 25.0 Å². The summed E-state index contributed by atoms with van der Waals surface area (Å²) >= 11 is 0. The zero-order valence-corrected chi connectivity index (χ0v) is 18.5. The highest BCUT2D eigenvalue weighted by atomic mass is 16.6. The summed E-state index contributed by atoms with van der Waals surface area (Å²) in [6.07, 6.45) is -0.582. The SMILES string of the molecule is CC(C)(C)OC(=O)C1CNCN2C(=O)CCC(NC(=O)c3cc4ccccc4[nH]3)[N+]2([O-])C1. The van der Waals surface area contributed by atoms with Gasteiger partial charge < -0.3 is 14.9 Å². The summed E-state index contributed by atoms with van der Waals surface area (Å²) in [5, 5.41) is 21.9. The van der Waals surface area contributed by atoms with Gasteiger partial charge in [-0.25, -0.2) is 4.76 Å². The molecule has 3 heterocycles. The first kappa shape index (κ1) is 22.3. The third kappa shape index (κ3) is 4.34. The van der Waals surface area contributed by atoms with Crippen LogP contribution in [0, 0.1) is 11.1 Å². The zero-order chi connectivity index (χ0) is 23.1. The smallest absolute Gasteiger partial charge is 0.316 e. The Bertz CT molecular complexity index is 1010. The number of nitrogens with one attached hydrogen (secondary N) is 3. The van der Waals surface area contributed by atoms with Crippen molar-refractivity contribution >= 4 is 28.7 Å². The number of ether oxygens (including phenoxy) is 1. The molecule has 1 aromatic heterocycles. The van der Waals surface area contributed by atoms with E-state index < -0.39 is 34.3 Å². The van der Waals surface area contributed by atoms with Crippen LogP contribution in [0.3, 0.4) is 0 Å². The van der Waals surface area contributed by atoms with Crippen LogP contribution in [0.1, 0.15) is 44.1 Å². The van der Waals surface area contributed by atoms with Crippen molar-refractivity contribution in [1.29, 1.82) is 0 Å². The fourth-order valence-electron chi connectivity index (χ4n) is 4.25. The van der Waals surface area contributed by atoms with E-state index in [1.54, 1.807) is 26.8 Å². The van der Waals surface area contributed by atoms with E-state index in [2.05, 4.69) is 15.6 Å². The van der Waals surface area contributed by atoms with Gasteiger partial charge in [-0.1, -0.05) is 18.2 Å². The predicted octanol–water partition coefficient (Wildman–Crippen LogP) is 1.59. The number of esters is 1. The van der Waals surface area contributed by atoms with Crippen LogP contribution in [0.2, 0.25) is 0 Å². The van der Waals surface area contributed by atoms with Crippen LogP contribution in [-0.4, -0.2) is 64.1 Å². The van der Waals surface area contributed by atoms with Gasteiger partial charge in [0.2, 0.25) is 0 Å². The monoisotopic (exact) mass is 443 g/mol. The van der Waals surface area contributed by atoms with Crippen molar-refractivity contribution < 1.29 is 23.9 Å². The lowest BCUT2D eigenvalue weighted by Gasteiger charge is -2.55. The van der Waals surface area contributed by atoms with E-state index in [1.807, 2.05) is 24.3 Å². The fraction of sp³-hybridized carbons (Fsp3) is 0.500. The zero-order valence-electron chi connectivity index (χ0n) is 18.5. The number of fused-ring (bicyclic) bond motifs is 2. The van der Waals surface area contributed by atoms with E-state index in [4.69, 9.17) is 4.74 Å². The van der Waals surface area contributed by atoms with Crippen molar-refractivity contribution in [2.75, 3.05) is 19.8 Å². The molecule has 10 nitrogen and oxygen atoms in total. The van der Waals surface area contributed by atoms with Crippen LogP contribution in [0.25, 0.3) is 10.9 Å². The van der Waals surface area contributed by atoms with Crippen molar-refractivity contribution in [2.45, 2.75) is 45.4 Å². The number of para-hydroxylation sites is 1. The highest BCUT2D eigenvalue weighted by Gasteiger charge is 2.48. The quantitative estimate of drug-likeness (QED) is 0.376. The molecule has 0 bridgehead atoms. The summed E-state index contributed by atoms with van der Waals surface area (Å²) in [6.45, 7) is 5.29. The molecule has 0 spiro atoms. The molecule has 0 radical (unpaired) electrons. The molecule has 10 heteroatoms. The van der Waals surface area contributed by atoms with Gasteiger partial charge in [-0.05, 0) is 32.9 Å². The maximum atomic E-state index is 14.1. The summed E-state index contributed by atoms with van der Waals surface area (Å²) in [5.74, 6) is -2.00. The molecule has 2 aromatic rings. The van der Waals surface area contributed by atoms with Gasteiger partial charge >= 0.3 is 5.97 Å². The lowest BCUT2D eigenvalue weighted by atomic mass is 10.1. The molecule has 2 saturated heterocycles. The number of aromatic amines is 1. The Morgan fingerprint density at radius 1 is 1.28 bits per heavy atom. The normalized spacial score (nSPS) is 26.4. The number of rotatable bonds is 3. The number of benzene rings is 1. The second-order valence-corrected chi connectivity index (χ2v) is 9.37. The molecule has 2 amide bonds. The van der Waals surface area contributed by atoms with Crippen LogP contribution in [0.15, 0.2) is 30.3 Å². The topological polar surface area (TPSA) is 127 Å². The number of aromatic nitrogens is 1. The van der Waals surface area contributed by atoms with E-state index >= 15 is 0 Å². The molecule has 2 aliphatic rings. The third-order valence-electron chi connectivity index (χ3n) is 5.76. The van der Waals surface area contributed by atoms with Crippen molar-refractivity contribution in [3.63, 3.8) is 0 Å². The molecular weight excluding hydrogens is 414 g/mol. The Morgan fingerprint density at radius 2 is 2.03 bits per heavy atom. The largest absolute Gasteiger partial charge is 0.604 e. The molecule has 3 atom stereocenters. The van der Waals surface area contributed by atoms with Gasteiger partial charge in [0.1, 0.15) is 30.4 Å². The number of hydrogen-bond acceptors (Lipinski definition) is 6. The number of hydroxylamine groups is 2. The Morgan fingerprint density at radius 3 is 2.75 bits per heavy atom. The van der Waals surface area contributed by atoms with Gasteiger partial charge in [0.05, 0.1) is 0 Å². The molecular formula is C22H29N5O5. The number of nitrogens with zero attached hydrogens (tertiary/aromatic N) is 2. The minimum Gasteiger partial charge on any atom is -0.604 e. The predicted molar refractivity (Wildman–Crippen MR) is 116 cm³/mol. The first-order chi connectivity index (χ1) is 15.1. The summed E-state index contributed by atoms with van der Waals surface area (Å²) in [6, 6.07) is 9.21. The van der Waals surface area contributed by atoms with Gasteiger partial charge in [-0.2, -0.15) is 5.01 Å². The number of amides is 2. The van der Waals surface area contributed by atoms with Crippen LogP contribution in [0.5, 0.6) is 0 Å². The first-order valence-corrected chi connectivity index (χ1v) is 10.8. The number of carbonyl (C=O) groups is 3. The average molecular weight is 444 g/mol. The molecule has 0 saturated carbocycles. The Kier molecular flexibility index (Phi) is 5.70. The van der Waals surface area contributed by atoms with Crippen molar-refractivity contribution in [1.82, 2.24) is 20.6 Å². The van der Waals surface area contributed by atoms with Crippen LogP contribution in [-0.2, 0) is 14.3 Å². The second kappa shape index (κ2) is 8.19. The van der Waals surface area contributed by atoms with Crippen molar-refractivity contribution in [2.24, 2.45) is 5.92 Å². The minimum absolute atomic E-state index is 0.000386. The summed E-state index contributed by atoms with van der Waals surface area (Å²) < 4.78 is 4.36. The number of hydrogen-bond donors (Lipinski definition) is 3. The third-order valence-corrected chi connectivity index (χ3v) is 5.76. The molecule has 1 aromatic carbocycles. The fourth-order valence-corrected chi connectivity index (χ4v) is 4.25. The highest BCUT2D eigenvalue weighted by molar-refractivity contribution is 5.98. The summed E-state index contributed by atoms with van der Waals surface area (Å²) in [7, 11) is 0. The summed E-state index contributed by atoms with van der Waals surface area (Å²) in [5.41, 5.74) is 0.448. The van der Waals surface area contributed by atoms with E-state index in [9.17, 15) is 19.6 Å². The molecule has 172 valence electrons. The molecule has 3 unspecified atom stereocenters. The molecule has 4 rings (SSSR count). The first-order valence-electron chi connectivity index (χ1n) is 10.8. The van der Waals surface area contributed by atoms with Gasteiger partial charge in [0.25, 0.3) is 11.8 Å². The Labute approximate surface area is 186 Å². The minimum atomic E-state index is -1.12. The van der Waals surface area contributed by atoms with E-state index in [-0.39, 0.29) is 38.5 Å². The number of H-pyrrole nitrogens is 1. The lowest BCUT2D eigenvalue weighted by molar-refractivity contribution is -1.01. The summed E-state index contributed by atoms with van der Waals surface area (Å²) in [4.78, 5) is 41.3. The van der Waals surface area contributed by atoms with E-state index in [0.29, 0.717) is 5.69 Å². The average Bonchev–Trinajstić information content (AvgIpc) is 3.05. The lowest BCUT2D eigenvalue weighted by Crippen LogP contribution is -2.72. The molecule has 2 aliphatic heterocycles.